The first-order chi connectivity index (χ1) is 10.8. The van der Waals surface area contributed by atoms with E-state index >= 15 is 0 Å². The van der Waals surface area contributed by atoms with Crippen LogP contribution in [0.4, 0.5) is 0 Å². The molecule has 0 spiro atoms. The standard InChI is InChI=1S/C19H23O3Si/c1-14(18(20)21)22-23(16-10-6-5-7-11-16)17-12-8-9-15(13-17)19(2,3)4/h5-14H,1-4H3,(H,20,21). The van der Waals surface area contributed by atoms with E-state index in [9.17, 15) is 9.90 Å². The molecule has 1 atom stereocenters. The van der Waals surface area contributed by atoms with Gasteiger partial charge in [0.15, 0.2) is 0 Å². The van der Waals surface area contributed by atoms with Crippen LogP contribution in [0.25, 0.3) is 0 Å². The third-order valence-corrected chi connectivity index (χ3v) is 5.95. The lowest BCUT2D eigenvalue weighted by Gasteiger charge is -2.23. The summed E-state index contributed by atoms with van der Waals surface area (Å²) >= 11 is 0. The van der Waals surface area contributed by atoms with Crippen LogP contribution in [0, 0.1) is 0 Å². The molecular formula is C19H23O3Si. The van der Waals surface area contributed by atoms with Crippen molar-refractivity contribution in [3.8, 4) is 0 Å². The molecule has 4 heteroatoms. The van der Waals surface area contributed by atoms with Gasteiger partial charge in [0.25, 0.3) is 9.04 Å². The number of carboxylic acid groups (broad SMARTS) is 1. The fraction of sp³-hybridized carbons (Fsp3) is 0.316. The van der Waals surface area contributed by atoms with Gasteiger partial charge in [-0.3, -0.25) is 0 Å². The van der Waals surface area contributed by atoms with Crippen LogP contribution in [-0.2, 0) is 14.6 Å². The normalized spacial score (nSPS) is 13.1. The molecular weight excluding hydrogens is 304 g/mol. The van der Waals surface area contributed by atoms with Crippen molar-refractivity contribution in [3.05, 3.63) is 60.2 Å². The summed E-state index contributed by atoms with van der Waals surface area (Å²) in [5, 5.41) is 11.3. The van der Waals surface area contributed by atoms with E-state index in [4.69, 9.17) is 4.43 Å². The van der Waals surface area contributed by atoms with Crippen molar-refractivity contribution in [1.29, 1.82) is 0 Å². The molecule has 3 nitrogen and oxygen atoms in total. The summed E-state index contributed by atoms with van der Waals surface area (Å²) in [7, 11) is -1.61. The zero-order valence-corrected chi connectivity index (χ0v) is 15.0. The molecule has 2 rings (SSSR count). The summed E-state index contributed by atoms with van der Waals surface area (Å²) in [6.45, 7) is 8.09. The molecule has 2 aromatic rings. The highest BCUT2D eigenvalue weighted by Crippen LogP contribution is 2.20. The van der Waals surface area contributed by atoms with E-state index in [1.54, 1.807) is 6.92 Å². The van der Waals surface area contributed by atoms with Crippen molar-refractivity contribution in [1.82, 2.24) is 0 Å². The molecule has 0 saturated carbocycles. The van der Waals surface area contributed by atoms with Crippen LogP contribution < -0.4 is 10.4 Å². The second-order valence-electron chi connectivity index (χ2n) is 6.62. The largest absolute Gasteiger partial charge is 0.479 e. The number of aliphatic carboxylic acids is 1. The van der Waals surface area contributed by atoms with Crippen molar-refractivity contribution < 1.29 is 14.3 Å². The maximum Gasteiger partial charge on any atom is 0.331 e. The number of carbonyl (C=O) groups is 1. The average Bonchev–Trinajstić information content (AvgIpc) is 2.52. The van der Waals surface area contributed by atoms with Crippen LogP contribution in [-0.4, -0.2) is 26.2 Å². The van der Waals surface area contributed by atoms with E-state index < -0.39 is 21.1 Å². The first kappa shape index (κ1) is 17.4. The molecule has 0 heterocycles. The Kier molecular flexibility index (Phi) is 5.39. The highest BCUT2D eigenvalue weighted by atomic mass is 28.3. The zero-order valence-electron chi connectivity index (χ0n) is 14.0. The summed E-state index contributed by atoms with van der Waals surface area (Å²) in [4.78, 5) is 11.2. The van der Waals surface area contributed by atoms with Crippen molar-refractivity contribution >= 4 is 25.4 Å². The molecule has 1 N–H and O–H groups in total. The molecule has 0 amide bonds. The van der Waals surface area contributed by atoms with E-state index in [1.807, 2.05) is 42.5 Å². The first-order valence-electron chi connectivity index (χ1n) is 7.72. The SMILES string of the molecule is CC(O[Si](c1ccccc1)c1cccc(C(C)(C)C)c1)C(=O)O. The second-order valence-corrected chi connectivity index (χ2v) is 8.67. The molecule has 0 fully saturated rings. The zero-order chi connectivity index (χ0) is 17.0. The van der Waals surface area contributed by atoms with Gasteiger partial charge in [0.05, 0.1) is 0 Å². The number of carboxylic acids is 1. The van der Waals surface area contributed by atoms with Gasteiger partial charge in [-0.15, -0.1) is 0 Å². The topological polar surface area (TPSA) is 46.5 Å². The Bertz CT molecular complexity index is 662. The van der Waals surface area contributed by atoms with Crippen LogP contribution in [0.5, 0.6) is 0 Å². The second kappa shape index (κ2) is 7.11. The van der Waals surface area contributed by atoms with Crippen LogP contribution in [0.1, 0.15) is 33.3 Å². The number of benzene rings is 2. The van der Waals surface area contributed by atoms with Crippen molar-refractivity contribution in [2.75, 3.05) is 0 Å². The molecule has 0 aliphatic rings. The van der Waals surface area contributed by atoms with Gasteiger partial charge in [-0.1, -0.05) is 75.4 Å². The van der Waals surface area contributed by atoms with Crippen LogP contribution in [0.15, 0.2) is 54.6 Å². The van der Waals surface area contributed by atoms with Gasteiger partial charge in [-0.05, 0) is 28.3 Å². The number of hydrogen-bond donors (Lipinski definition) is 1. The Morgan fingerprint density at radius 2 is 1.65 bits per heavy atom. The Morgan fingerprint density at radius 1 is 1.04 bits per heavy atom. The lowest BCUT2D eigenvalue weighted by molar-refractivity contribution is -0.144. The molecule has 0 aliphatic carbocycles. The molecule has 23 heavy (non-hydrogen) atoms. The summed E-state index contributed by atoms with van der Waals surface area (Å²) < 4.78 is 5.95. The maximum absolute atomic E-state index is 11.2. The molecule has 0 bridgehead atoms. The van der Waals surface area contributed by atoms with Gasteiger partial charge < -0.3 is 9.53 Å². The number of rotatable bonds is 5. The fourth-order valence-corrected chi connectivity index (χ4v) is 4.34. The summed E-state index contributed by atoms with van der Waals surface area (Å²) in [5.74, 6) is -0.935. The lowest BCUT2D eigenvalue weighted by Crippen LogP contribution is -2.48. The Balaban J connectivity index is 2.43. The molecule has 1 radical (unpaired) electrons. The molecule has 2 aromatic carbocycles. The monoisotopic (exact) mass is 327 g/mol. The van der Waals surface area contributed by atoms with E-state index in [1.165, 1.54) is 5.56 Å². The highest BCUT2D eigenvalue weighted by Gasteiger charge is 2.26. The average molecular weight is 327 g/mol. The molecule has 0 aromatic heterocycles. The molecule has 0 saturated heterocycles. The lowest BCUT2D eigenvalue weighted by atomic mass is 9.87. The maximum atomic E-state index is 11.2. The van der Waals surface area contributed by atoms with Crippen LogP contribution in [0.2, 0.25) is 0 Å². The molecule has 1 unspecified atom stereocenters. The van der Waals surface area contributed by atoms with Gasteiger partial charge in [0.1, 0.15) is 6.10 Å². The molecule has 121 valence electrons. The highest BCUT2D eigenvalue weighted by molar-refractivity contribution is 6.80. The van der Waals surface area contributed by atoms with Gasteiger partial charge in [0.2, 0.25) is 0 Å². The van der Waals surface area contributed by atoms with Crippen molar-refractivity contribution in [2.24, 2.45) is 0 Å². The predicted molar refractivity (Wildman–Crippen MR) is 94.8 cm³/mol. The third-order valence-electron chi connectivity index (χ3n) is 3.67. The van der Waals surface area contributed by atoms with E-state index in [0.29, 0.717) is 0 Å². The van der Waals surface area contributed by atoms with Crippen molar-refractivity contribution in [3.63, 3.8) is 0 Å². The van der Waals surface area contributed by atoms with Gasteiger partial charge >= 0.3 is 5.97 Å². The molecule has 0 aliphatic heterocycles. The Hall–Kier alpha value is -1.91. The van der Waals surface area contributed by atoms with Gasteiger partial charge in [-0.25, -0.2) is 4.79 Å². The number of hydrogen-bond acceptors (Lipinski definition) is 2. The predicted octanol–water partition coefficient (Wildman–Crippen LogP) is 2.58. The minimum atomic E-state index is -1.61. The summed E-state index contributed by atoms with van der Waals surface area (Å²) in [5.41, 5.74) is 1.26. The minimum Gasteiger partial charge on any atom is -0.479 e. The Morgan fingerprint density at radius 3 is 2.22 bits per heavy atom. The third kappa shape index (κ3) is 4.53. The van der Waals surface area contributed by atoms with Crippen LogP contribution in [0.3, 0.4) is 0 Å². The van der Waals surface area contributed by atoms with E-state index in [0.717, 1.165) is 10.4 Å². The quantitative estimate of drug-likeness (QED) is 0.859. The van der Waals surface area contributed by atoms with E-state index in [-0.39, 0.29) is 5.41 Å². The van der Waals surface area contributed by atoms with Crippen molar-refractivity contribution in [2.45, 2.75) is 39.2 Å². The first-order valence-corrected chi connectivity index (χ1v) is 9.12. The Labute approximate surface area is 139 Å². The van der Waals surface area contributed by atoms with Crippen LogP contribution >= 0.6 is 0 Å². The summed E-state index contributed by atoms with van der Waals surface area (Å²) in [6, 6.07) is 18.2. The van der Waals surface area contributed by atoms with E-state index in [2.05, 4.69) is 32.9 Å². The minimum absolute atomic E-state index is 0.0398. The summed E-state index contributed by atoms with van der Waals surface area (Å²) in [6.07, 6.45) is -0.831. The van der Waals surface area contributed by atoms with Gasteiger partial charge in [0, 0.05) is 0 Å². The smallest absolute Gasteiger partial charge is 0.331 e. The van der Waals surface area contributed by atoms with Gasteiger partial charge in [-0.2, -0.15) is 0 Å². The fourth-order valence-electron chi connectivity index (χ4n) is 2.25.